The molecule has 1 rings (SSSR count). The van der Waals surface area contributed by atoms with Crippen LogP contribution in [0.4, 0.5) is 0 Å². The number of hydrogen-bond donors (Lipinski definition) is 1. The second kappa shape index (κ2) is 7.96. The van der Waals surface area contributed by atoms with Gasteiger partial charge in [0.25, 0.3) is 0 Å². The van der Waals surface area contributed by atoms with Crippen molar-refractivity contribution in [1.82, 2.24) is 10.2 Å². The third-order valence-electron chi connectivity index (χ3n) is 4.24. The average Bonchev–Trinajstić information content (AvgIpc) is 2.93. The molecule has 0 aromatic rings. The average molecular weight is 286 g/mol. The van der Waals surface area contributed by atoms with Gasteiger partial charge in [0, 0.05) is 26.2 Å². The predicted molar refractivity (Wildman–Crippen MR) is 79.8 cm³/mol. The van der Waals surface area contributed by atoms with E-state index in [-0.39, 0.29) is 5.97 Å². The molecular weight excluding hydrogens is 256 g/mol. The van der Waals surface area contributed by atoms with Crippen molar-refractivity contribution in [2.45, 2.75) is 57.7 Å². The van der Waals surface area contributed by atoms with E-state index in [1.54, 1.807) is 7.11 Å². The molecule has 20 heavy (non-hydrogen) atoms. The summed E-state index contributed by atoms with van der Waals surface area (Å²) in [7, 11) is 3.22. The number of methoxy groups -OCH3 is 2. The second-order valence-electron chi connectivity index (χ2n) is 5.94. The Morgan fingerprint density at radius 2 is 2.20 bits per heavy atom. The number of esters is 1. The van der Waals surface area contributed by atoms with Gasteiger partial charge in [-0.3, -0.25) is 9.69 Å². The highest BCUT2D eigenvalue weighted by Crippen LogP contribution is 2.22. The first-order chi connectivity index (χ1) is 9.46. The van der Waals surface area contributed by atoms with Crippen molar-refractivity contribution in [1.29, 1.82) is 0 Å². The van der Waals surface area contributed by atoms with Crippen LogP contribution in [0.2, 0.25) is 0 Å². The van der Waals surface area contributed by atoms with Crippen LogP contribution < -0.4 is 5.32 Å². The quantitative estimate of drug-likeness (QED) is 0.684. The minimum Gasteiger partial charge on any atom is -0.468 e. The highest BCUT2D eigenvalue weighted by molar-refractivity contribution is 5.80. The van der Waals surface area contributed by atoms with Crippen LogP contribution in [0.15, 0.2) is 0 Å². The molecular formula is C15H30N2O3. The number of nitrogens with zero attached hydrogens (tertiary/aromatic N) is 1. The molecule has 0 aromatic heterocycles. The monoisotopic (exact) mass is 286 g/mol. The molecule has 0 bridgehead atoms. The van der Waals surface area contributed by atoms with Gasteiger partial charge in [-0.15, -0.1) is 0 Å². The summed E-state index contributed by atoms with van der Waals surface area (Å²) in [5, 5.41) is 3.34. The van der Waals surface area contributed by atoms with E-state index in [4.69, 9.17) is 9.47 Å². The molecule has 0 amide bonds. The van der Waals surface area contributed by atoms with E-state index in [0.29, 0.717) is 12.1 Å². The zero-order valence-corrected chi connectivity index (χ0v) is 13.6. The highest BCUT2D eigenvalue weighted by Gasteiger charge is 2.37. The number of rotatable bonds is 8. The first-order valence-corrected chi connectivity index (χ1v) is 7.57. The minimum atomic E-state index is -0.616. The van der Waals surface area contributed by atoms with E-state index in [1.165, 1.54) is 7.11 Å². The first-order valence-electron chi connectivity index (χ1n) is 7.57. The van der Waals surface area contributed by atoms with Gasteiger partial charge in [-0.25, -0.2) is 0 Å². The van der Waals surface area contributed by atoms with Crippen molar-refractivity contribution in [3.8, 4) is 0 Å². The van der Waals surface area contributed by atoms with Crippen molar-refractivity contribution in [3.05, 3.63) is 0 Å². The lowest BCUT2D eigenvalue weighted by Gasteiger charge is -2.34. The first kappa shape index (κ1) is 17.4. The predicted octanol–water partition coefficient (Wildman–Crippen LogP) is 1.42. The lowest BCUT2D eigenvalue weighted by atomic mass is 9.92. The van der Waals surface area contributed by atoms with E-state index in [0.717, 1.165) is 38.9 Å². The largest absolute Gasteiger partial charge is 0.468 e. The summed E-state index contributed by atoms with van der Waals surface area (Å²) in [6.45, 7) is 9.01. The van der Waals surface area contributed by atoms with Gasteiger partial charge in [0.15, 0.2) is 0 Å². The fraction of sp³-hybridized carbons (Fsp3) is 0.933. The summed E-state index contributed by atoms with van der Waals surface area (Å²) < 4.78 is 10.4. The zero-order chi connectivity index (χ0) is 15.2. The molecule has 1 saturated heterocycles. The third kappa shape index (κ3) is 4.43. The fourth-order valence-electron chi connectivity index (χ4n) is 2.92. The van der Waals surface area contributed by atoms with Crippen LogP contribution >= 0.6 is 0 Å². The van der Waals surface area contributed by atoms with E-state index in [1.807, 2.05) is 6.92 Å². The summed E-state index contributed by atoms with van der Waals surface area (Å²) in [5.74, 6) is -0.180. The van der Waals surface area contributed by atoms with Crippen LogP contribution in [-0.2, 0) is 14.3 Å². The number of carbonyl (C=O) groups is 1. The maximum atomic E-state index is 12.1. The smallest absolute Gasteiger partial charge is 0.325 e. The lowest BCUT2D eigenvalue weighted by Crippen LogP contribution is -2.54. The molecule has 5 heteroatoms. The lowest BCUT2D eigenvalue weighted by molar-refractivity contribution is -0.148. The normalized spacial score (nSPS) is 24.4. The number of ether oxygens (including phenoxy) is 2. The summed E-state index contributed by atoms with van der Waals surface area (Å²) >= 11 is 0. The molecule has 1 heterocycles. The molecule has 1 aliphatic heterocycles. The summed E-state index contributed by atoms with van der Waals surface area (Å²) in [4.78, 5) is 14.5. The van der Waals surface area contributed by atoms with Gasteiger partial charge in [-0.1, -0.05) is 6.92 Å². The molecule has 118 valence electrons. The Labute approximate surface area is 123 Å². The Kier molecular flexibility index (Phi) is 6.92. The van der Waals surface area contributed by atoms with Gasteiger partial charge < -0.3 is 14.8 Å². The molecule has 5 nitrogen and oxygen atoms in total. The van der Waals surface area contributed by atoms with E-state index in [2.05, 4.69) is 24.1 Å². The molecule has 1 fully saturated rings. The number of hydrogen-bond acceptors (Lipinski definition) is 5. The Morgan fingerprint density at radius 3 is 2.70 bits per heavy atom. The van der Waals surface area contributed by atoms with Crippen LogP contribution in [0.5, 0.6) is 0 Å². The van der Waals surface area contributed by atoms with E-state index >= 15 is 0 Å². The van der Waals surface area contributed by atoms with Gasteiger partial charge in [-0.2, -0.15) is 0 Å². The number of nitrogens with one attached hydrogen (secondary N) is 1. The second-order valence-corrected chi connectivity index (χ2v) is 5.94. The van der Waals surface area contributed by atoms with Crippen molar-refractivity contribution >= 4 is 5.97 Å². The van der Waals surface area contributed by atoms with Crippen LogP contribution in [0.3, 0.4) is 0 Å². The van der Waals surface area contributed by atoms with Crippen LogP contribution in [0.1, 0.15) is 40.0 Å². The Morgan fingerprint density at radius 1 is 1.50 bits per heavy atom. The van der Waals surface area contributed by atoms with Crippen molar-refractivity contribution in [3.63, 3.8) is 0 Å². The fourth-order valence-corrected chi connectivity index (χ4v) is 2.92. The molecule has 0 aliphatic carbocycles. The van der Waals surface area contributed by atoms with Gasteiger partial charge in [0.1, 0.15) is 5.54 Å². The standard InChI is InChI=1S/C15H30N2O3/c1-6-8-16-15(3,14(18)20-5)10-12(2)17-9-7-13(11-17)19-4/h12-13,16H,6-11H2,1-5H3. The molecule has 0 radical (unpaired) electrons. The molecule has 3 unspecified atom stereocenters. The number of likely N-dealkylation sites (tertiary alicyclic amines) is 1. The van der Waals surface area contributed by atoms with Crippen molar-refractivity contribution in [2.75, 3.05) is 33.9 Å². The molecule has 0 aromatic carbocycles. The molecule has 1 aliphatic rings. The van der Waals surface area contributed by atoms with Crippen molar-refractivity contribution in [2.24, 2.45) is 0 Å². The van der Waals surface area contributed by atoms with Crippen LogP contribution in [0, 0.1) is 0 Å². The summed E-state index contributed by atoms with van der Waals surface area (Å²) in [6.07, 6.45) is 3.13. The third-order valence-corrected chi connectivity index (χ3v) is 4.24. The zero-order valence-electron chi connectivity index (χ0n) is 13.6. The van der Waals surface area contributed by atoms with E-state index < -0.39 is 5.54 Å². The maximum absolute atomic E-state index is 12.1. The highest BCUT2D eigenvalue weighted by atomic mass is 16.5. The topological polar surface area (TPSA) is 50.8 Å². The molecule has 3 atom stereocenters. The Balaban J connectivity index is 2.62. The Bertz CT molecular complexity index is 311. The Hall–Kier alpha value is -0.650. The van der Waals surface area contributed by atoms with Gasteiger partial charge in [0.2, 0.25) is 0 Å². The molecule has 1 N–H and O–H groups in total. The van der Waals surface area contributed by atoms with E-state index in [9.17, 15) is 4.79 Å². The summed E-state index contributed by atoms with van der Waals surface area (Å²) in [6, 6.07) is 0.323. The van der Waals surface area contributed by atoms with Crippen LogP contribution in [0.25, 0.3) is 0 Å². The van der Waals surface area contributed by atoms with Gasteiger partial charge >= 0.3 is 5.97 Å². The van der Waals surface area contributed by atoms with Crippen LogP contribution in [-0.4, -0.2) is 62.4 Å². The maximum Gasteiger partial charge on any atom is 0.325 e. The van der Waals surface area contributed by atoms with Gasteiger partial charge in [-0.05, 0) is 39.7 Å². The minimum absolute atomic E-state index is 0.180. The molecule has 0 spiro atoms. The van der Waals surface area contributed by atoms with Gasteiger partial charge in [0.05, 0.1) is 13.2 Å². The number of carbonyl (C=O) groups excluding carboxylic acids is 1. The molecule has 0 saturated carbocycles. The SMILES string of the molecule is CCCNC(C)(CC(C)N1CCC(OC)C1)C(=O)OC. The summed E-state index contributed by atoms with van der Waals surface area (Å²) in [5.41, 5.74) is -0.616. The van der Waals surface area contributed by atoms with Crippen molar-refractivity contribution < 1.29 is 14.3 Å².